The first-order valence-electron chi connectivity index (χ1n) is 12.1. The maximum Gasteiger partial charge on any atom is 0.264 e. The summed E-state index contributed by atoms with van der Waals surface area (Å²) in [5.74, 6) is -0.912. The molecule has 0 unspecified atom stereocenters. The molecule has 0 fully saturated rings. The lowest BCUT2D eigenvalue weighted by Gasteiger charge is -2.32. The Balaban J connectivity index is 2.03. The zero-order chi connectivity index (χ0) is 28.0. The lowest BCUT2D eigenvalue weighted by Crippen LogP contribution is -2.52. The molecule has 3 aromatic rings. The number of nitrogens with one attached hydrogen (secondary N) is 1. The monoisotopic (exact) mass is 575 g/mol. The van der Waals surface area contributed by atoms with E-state index in [-0.39, 0.29) is 23.4 Å². The van der Waals surface area contributed by atoms with Crippen LogP contribution >= 0.6 is 23.2 Å². The molecule has 0 saturated carbocycles. The van der Waals surface area contributed by atoms with Crippen molar-refractivity contribution in [2.45, 2.75) is 51.2 Å². The van der Waals surface area contributed by atoms with E-state index in [2.05, 4.69) is 5.32 Å². The van der Waals surface area contributed by atoms with Gasteiger partial charge in [0.25, 0.3) is 10.0 Å². The topological polar surface area (TPSA) is 86.8 Å². The number of carbonyl (C=O) groups excluding carboxylic acids is 2. The zero-order valence-electron chi connectivity index (χ0n) is 21.7. The summed E-state index contributed by atoms with van der Waals surface area (Å²) in [7, 11) is -4.10. The van der Waals surface area contributed by atoms with Crippen molar-refractivity contribution >= 4 is 50.7 Å². The lowest BCUT2D eigenvalue weighted by atomic mass is 10.1. The Kier molecular flexibility index (Phi) is 9.82. The second kappa shape index (κ2) is 12.7. The van der Waals surface area contributed by atoms with Gasteiger partial charge in [-0.2, -0.15) is 0 Å². The van der Waals surface area contributed by atoms with Crippen molar-refractivity contribution in [2.75, 3.05) is 10.8 Å². The van der Waals surface area contributed by atoms with Gasteiger partial charge in [-0.05, 0) is 75.2 Å². The Morgan fingerprint density at radius 3 is 2.18 bits per heavy atom. The number of nitrogens with zero attached hydrogens (tertiary/aromatic N) is 2. The summed E-state index contributed by atoms with van der Waals surface area (Å²) in [6.07, 6.45) is 0. The largest absolute Gasteiger partial charge is 0.352 e. The van der Waals surface area contributed by atoms with E-state index in [0.717, 1.165) is 9.87 Å². The predicted octanol–water partition coefficient (Wildman–Crippen LogP) is 5.44. The van der Waals surface area contributed by atoms with Gasteiger partial charge < -0.3 is 10.2 Å². The minimum atomic E-state index is -4.10. The number of aryl methyl sites for hydroxylation is 1. The summed E-state index contributed by atoms with van der Waals surface area (Å²) in [5.41, 5.74) is 1.82. The van der Waals surface area contributed by atoms with Crippen molar-refractivity contribution in [3.63, 3.8) is 0 Å². The van der Waals surface area contributed by atoms with E-state index in [0.29, 0.717) is 21.3 Å². The maximum atomic E-state index is 13.9. The van der Waals surface area contributed by atoms with E-state index in [9.17, 15) is 18.0 Å². The van der Waals surface area contributed by atoms with Crippen LogP contribution < -0.4 is 9.62 Å². The van der Waals surface area contributed by atoms with E-state index >= 15 is 0 Å². The van der Waals surface area contributed by atoms with Gasteiger partial charge in [-0.25, -0.2) is 8.42 Å². The number of amides is 2. The molecule has 38 heavy (non-hydrogen) atoms. The summed E-state index contributed by atoms with van der Waals surface area (Å²) in [4.78, 5) is 28.2. The first kappa shape index (κ1) is 29.5. The number of hydrogen-bond donors (Lipinski definition) is 1. The normalized spacial score (nSPS) is 12.2. The van der Waals surface area contributed by atoms with Crippen LogP contribution in [-0.2, 0) is 26.2 Å². The quantitative estimate of drug-likeness (QED) is 0.348. The first-order chi connectivity index (χ1) is 17.9. The van der Waals surface area contributed by atoms with E-state index in [4.69, 9.17) is 23.2 Å². The Morgan fingerprint density at radius 1 is 0.895 bits per heavy atom. The molecule has 202 valence electrons. The molecule has 0 spiro atoms. The van der Waals surface area contributed by atoms with Crippen LogP contribution in [0.1, 0.15) is 31.9 Å². The van der Waals surface area contributed by atoms with Gasteiger partial charge in [0.1, 0.15) is 12.6 Å². The highest BCUT2D eigenvalue weighted by atomic mass is 35.5. The van der Waals surface area contributed by atoms with Crippen molar-refractivity contribution < 1.29 is 18.0 Å². The summed E-state index contributed by atoms with van der Waals surface area (Å²) >= 11 is 12.3. The van der Waals surface area contributed by atoms with Crippen LogP contribution in [0.15, 0.2) is 77.7 Å². The average Bonchev–Trinajstić information content (AvgIpc) is 2.87. The molecule has 3 rings (SSSR count). The summed E-state index contributed by atoms with van der Waals surface area (Å²) in [6, 6.07) is 18.7. The molecule has 1 N–H and O–H groups in total. The summed E-state index contributed by atoms with van der Waals surface area (Å²) in [5, 5.41) is 3.49. The second-order valence-corrected chi connectivity index (χ2v) is 11.9. The number of carbonyl (C=O) groups is 2. The van der Waals surface area contributed by atoms with Crippen LogP contribution in [0.3, 0.4) is 0 Å². The number of anilines is 1. The van der Waals surface area contributed by atoms with Crippen molar-refractivity contribution in [1.82, 2.24) is 10.2 Å². The fourth-order valence-corrected chi connectivity index (χ4v) is 5.60. The molecule has 0 radical (unpaired) electrons. The van der Waals surface area contributed by atoms with Crippen LogP contribution in [0.2, 0.25) is 10.0 Å². The van der Waals surface area contributed by atoms with Crippen LogP contribution in [0.25, 0.3) is 0 Å². The maximum absolute atomic E-state index is 13.9. The first-order valence-corrected chi connectivity index (χ1v) is 14.3. The third-order valence-electron chi connectivity index (χ3n) is 5.83. The molecule has 10 heteroatoms. The number of rotatable bonds is 10. The Labute approximate surface area is 234 Å². The highest BCUT2D eigenvalue weighted by Crippen LogP contribution is 2.26. The molecule has 0 saturated heterocycles. The van der Waals surface area contributed by atoms with Gasteiger partial charge >= 0.3 is 0 Å². The summed E-state index contributed by atoms with van der Waals surface area (Å²) in [6.45, 7) is 6.60. The highest BCUT2D eigenvalue weighted by molar-refractivity contribution is 7.92. The second-order valence-electron chi connectivity index (χ2n) is 9.27. The molecule has 0 heterocycles. The molecular formula is C28H31Cl2N3O4S. The predicted molar refractivity (Wildman–Crippen MR) is 152 cm³/mol. The lowest BCUT2D eigenvalue weighted by molar-refractivity contribution is -0.139. The van der Waals surface area contributed by atoms with Crippen molar-refractivity contribution in [3.05, 3.63) is 94.0 Å². The van der Waals surface area contributed by atoms with E-state index in [1.807, 2.05) is 26.8 Å². The van der Waals surface area contributed by atoms with Gasteiger partial charge in [-0.15, -0.1) is 0 Å². The minimum Gasteiger partial charge on any atom is -0.352 e. The molecule has 0 aliphatic rings. The highest BCUT2D eigenvalue weighted by Gasteiger charge is 2.32. The number of hydrogen-bond acceptors (Lipinski definition) is 4. The molecule has 3 aromatic carbocycles. The van der Waals surface area contributed by atoms with Crippen molar-refractivity contribution in [2.24, 2.45) is 0 Å². The molecule has 0 bridgehead atoms. The van der Waals surface area contributed by atoms with Gasteiger partial charge in [0, 0.05) is 12.6 Å². The zero-order valence-corrected chi connectivity index (χ0v) is 24.0. The van der Waals surface area contributed by atoms with Gasteiger partial charge in [0.2, 0.25) is 11.8 Å². The average molecular weight is 577 g/mol. The van der Waals surface area contributed by atoms with Gasteiger partial charge in [0.15, 0.2) is 0 Å². The minimum absolute atomic E-state index is 0.0233. The van der Waals surface area contributed by atoms with Crippen LogP contribution in [0.5, 0.6) is 0 Å². The fourth-order valence-electron chi connectivity index (χ4n) is 3.85. The number of benzene rings is 3. The molecule has 0 aliphatic carbocycles. The number of halogens is 2. The standard InChI is InChI=1S/C28H31Cl2N3O4S/c1-19(2)31-28(35)21(4)32(17-22-13-14-25(29)26(30)16-22)27(34)18-33(23-10-8-9-20(3)15-23)38(36,37)24-11-6-5-7-12-24/h5-16,19,21H,17-18H2,1-4H3,(H,31,35)/t21-/m1/s1. The molecule has 1 atom stereocenters. The Morgan fingerprint density at radius 2 is 1.58 bits per heavy atom. The third-order valence-corrected chi connectivity index (χ3v) is 8.36. The smallest absolute Gasteiger partial charge is 0.264 e. The van der Waals surface area contributed by atoms with Crippen molar-refractivity contribution in [3.8, 4) is 0 Å². The van der Waals surface area contributed by atoms with Crippen LogP contribution in [0.4, 0.5) is 5.69 Å². The van der Waals surface area contributed by atoms with Gasteiger partial charge in [-0.1, -0.05) is 59.6 Å². The molecule has 0 aliphatic heterocycles. The van der Waals surface area contributed by atoms with E-state index in [1.54, 1.807) is 61.5 Å². The molecule has 0 aromatic heterocycles. The fraction of sp³-hybridized carbons (Fsp3) is 0.286. The Bertz CT molecular complexity index is 1400. The van der Waals surface area contributed by atoms with Crippen molar-refractivity contribution in [1.29, 1.82) is 0 Å². The van der Waals surface area contributed by atoms with Gasteiger partial charge in [0.05, 0.1) is 20.6 Å². The SMILES string of the molecule is Cc1cccc(N(CC(=O)N(Cc2ccc(Cl)c(Cl)c2)[C@H](C)C(=O)NC(C)C)S(=O)(=O)c2ccccc2)c1. The van der Waals surface area contributed by atoms with Gasteiger partial charge in [-0.3, -0.25) is 13.9 Å². The van der Waals surface area contributed by atoms with E-state index < -0.39 is 28.5 Å². The summed E-state index contributed by atoms with van der Waals surface area (Å²) < 4.78 is 28.5. The molecule has 7 nitrogen and oxygen atoms in total. The Hall–Kier alpha value is -3.07. The van der Waals surface area contributed by atoms with E-state index in [1.165, 1.54) is 17.0 Å². The number of sulfonamides is 1. The van der Waals surface area contributed by atoms with Crippen LogP contribution in [0, 0.1) is 6.92 Å². The third kappa shape index (κ3) is 7.28. The molecule has 2 amide bonds. The van der Waals surface area contributed by atoms with Crippen LogP contribution in [-0.4, -0.2) is 43.8 Å². The molecular weight excluding hydrogens is 545 g/mol.